The number of para-hydroxylation sites is 1. The number of nitrogens with zero attached hydrogens (tertiary/aromatic N) is 1. The topological polar surface area (TPSA) is 3.01 Å². The molecule has 0 radical (unpaired) electrons. The average molecular weight is 465 g/mol. The third-order valence-electron chi connectivity index (χ3n) is 6.91. The van der Waals surface area contributed by atoms with Crippen LogP contribution in [0.3, 0.4) is 0 Å². The van der Waals surface area contributed by atoms with E-state index in [0.717, 1.165) is 0 Å². The van der Waals surface area contributed by atoms with E-state index in [1.165, 1.54) is 113 Å². The largest absolute Gasteiger partial charge is 1.00 e. The van der Waals surface area contributed by atoms with Crippen LogP contribution in [0.4, 0.5) is 5.69 Å². The Hall–Kier alpha value is -0.630. The zero-order valence-electron chi connectivity index (χ0n) is 19.7. The predicted octanol–water partition coefficient (Wildman–Crippen LogP) is 5.57. The van der Waals surface area contributed by atoms with E-state index in [4.69, 9.17) is 0 Å². The second kappa shape index (κ2) is 14.4. The van der Waals surface area contributed by atoms with Crippen LogP contribution in [-0.4, -0.2) is 16.8 Å². The molecule has 0 aromatic heterocycles. The minimum absolute atomic E-state index is 0. The summed E-state index contributed by atoms with van der Waals surface area (Å²) >= 11 is 0. The summed E-state index contributed by atoms with van der Waals surface area (Å²) in [5.41, 5.74) is 4.65. The number of benzene rings is 1. The maximum atomic E-state index is 2.58. The maximum Gasteiger partial charge on any atom is 0.209 e. The van der Waals surface area contributed by atoms with Crippen LogP contribution in [0.15, 0.2) is 24.3 Å². The lowest BCUT2D eigenvalue weighted by Gasteiger charge is -2.14. The van der Waals surface area contributed by atoms with Gasteiger partial charge in [-0.2, -0.15) is 4.58 Å². The molecule has 1 aliphatic rings. The highest BCUT2D eigenvalue weighted by Gasteiger charge is 2.42. The van der Waals surface area contributed by atoms with Gasteiger partial charge in [-0.05, 0) is 20.3 Å². The number of unbranched alkanes of at least 4 members (excludes halogenated alkanes) is 13. The molecule has 0 bridgehead atoms. The van der Waals surface area contributed by atoms with Crippen molar-refractivity contribution in [2.24, 2.45) is 0 Å². The summed E-state index contributed by atoms with van der Waals surface area (Å²) in [6, 6.07) is 8.98. The highest BCUT2D eigenvalue weighted by molar-refractivity contribution is 5.93. The molecule has 1 nitrogen and oxygen atoms in total. The maximum absolute atomic E-state index is 2.58. The number of halogens is 1. The third kappa shape index (κ3) is 8.19. The first-order chi connectivity index (χ1) is 13.6. The van der Waals surface area contributed by atoms with Crippen LogP contribution in [-0.2, 0) is 5.41 Å². The van der Waals surface area contributed by atoms with Crippen molar-refractivity contribution in [2.45, 2.75) is 123 Å². The minimum Gasteiger partial charge on any atom is -1.00 e. The zero-order chi connectivity index (χ0) is 20.2. The highest BCUT2D eigenvalue weighted by Crippen LogP contribution is 2.39. The second-order valence-electron chi connectivity index (χ2n) is 9.48. The van der Waals surface area contributed by atoms with Gasteiger partial charge in [0.15, 0.2) is 5.71 Å². The van der Waals surface area contributed by atoms with Crippen molar-refractivity contribution in [3.8, 4) is 0 Å². The first kappa shape index (κ1) is 26.4. The summed E-state index contributed by atoms with van der Waals surface area (Å²) in [6.45, 7) is 10.5. The molecule has 1 heterocycles. The normalized spacial score (nSPS) is 14.8. The summed E-state index contributed by atoms with van der Waals surface area (Å²) in [7, 11) is 0. The molecule has 0 fully saturated rings. The molecule has 166 valence electrons. The molecule has 0 spiro atoms. The molecule has 0 N–H and O–H groups in total. The van der Waals surface area contributed by atoms with E-state index in [2.05, 4.69) is 56.5 Å². The van der Waals surface area contributed by atoms with Crippen LogP contribution in [0, 0.1) is 0 Å². The molecule has 1 aliphatic heterocycles. The molecule has 1 aromatic carbocycles. The van der Waals surface area contributed by atoms with Gasteiger partial charge in [0.05, 0.1) is 5.41 Å². The Balaban J connectivity index is 0.00000420. The molecule has 0 unspecified atom stereocenters. The average Bonchev–Trinajstić information content (AvgIpc) is 2.89. The van der Waals surface area contributed by atoms with Crippen LogP contribution >= 0.6 is 0 Å². The lowest BCUT2D eigenvalue weighted by Crippen LogP contribution is -3.00. The van der Waals surface area contributed by atoms with Gasteiger partial charge in [0, 0.05) is 25.0 Å². The van der Waals surface area contributed by atoms with Gasteiger partial charge in [0.25, 0.3) is 0 Å². The van der Waals surface area contributed by atoms with Gasteiger partial charge >= 0.3 is 0 Å². The minimum atomic E-state index is 0. The van der Waals surface area contributed by atoms with E-state index in [9.17, 15) is 0 Å². The van der Waals surface area contributed by atoms with E-state index in [-0.39, 0.29) is 22.4 Å². The Morgan fingerprint density at radius 2 is 1.14 bits per heavy atom. The fraction of sp³-hybridized carbons (Fsp3) is 0.741. The van der Waals surface area contributed by atoms with E-state index >= 15 is 0 Å². The molecule has 29 heavy (non-hydrogen) atoms. The fourth-order valence-corrected chi connectivity index (χ4v) is 4.70. The molecular formula is C27H46BrN. The molecule has 0 saturated heterocycles. The first-order valence-corrected chi connectivity index (χ1v) is 12.3. The number of rotatable bonds is 15. The second-order valence-corrected chi connectivity index (χ2v) is 9.48. The monoisotopic (exact) mass is 463 g/mol. The summed E-state index contributed by atoms with van der Waals surface area (Å²) in [5.74, 6) is 0. The molecule has 1 aromatic rings. The number of hydrogen-bond acceptors (Lipinski definition) is 0. The van der Waals surface area contributed by atoms with Crippen molar-refractivity contribution in [2.75, 3.05) is 6.54 Å². The van der Waals surface area contributed by atoms with E-state index < -0.39 is 0 Å². The van der Waals surface area contributed by atoms with Gasteiger partial charge in [-0.25, -0.2) is 0 Å². The smallest absolute Gasteiger partial charge is 0.209 e. The van der Waals surface area contributed by atoms with Crippen LogP contribution in [0.2, 0.25) is 0 Å². The Kier molecular flexibility index (Phi) is 13.1. The standard InChI is InChI=1S/C27H46N.BrH/c1-5-6-7-8-9-10-11-12-13-14-15-16-17-20-23-28-24(2)27(3,4)25-21-18-19-22-26(25)28;/h18-19,21-22H,5-17,20,23H2,1-4H3;1H/q+1;/p-1. The molecule has 2 heteroatoms. The molecule has 2 rings (SSSR count). The van der Waals surface area contributed by atoms with Crippen LogP contribution < -0.4 is 17.0 Å². The van der Waals surface area contributed by atoms with Crippen molar-refractivity contribution in [1.82, 2.24) is 0 Å². The van der Waals surface area contributed by atoms with Crippen molar-refractivity contribution in [1.29, 1.82) is 0 Å². The first-order valence-electron chi connectivity index (χ1n) is 12.3. The summed E-state index contributed by atoms with van der Waals surface area (Å²) < 4.78 is 2.58. The number of hydrogen-bond donors (Lipinski definition) is 0. The Labute approximate surface area is 192 Å². The summed E-state index contributed by atoms with van der Waals surface area (Å²) in [6.07, 6.45) is 20.0. The fourth-order valence-electron chi connectivity index (χ4n) is 4.70. The van der Waals surface area contributed by atoms with Gasteiger partial charge in [0.1, 0.15) is 6.54 Å². The third-order valence-corrected chi connectivity index (χ3v) is 6.91. The Morgan fingerprint density at radius 1 is 0.690 bits per heavy atom. The lowest BCUT2D eigenvalue weighted by atomic mass is 9.82. The molecular weight excluding hydrogens is 418 g/mol. The van der Waals surface area contributed by atoms with Gasteiger partial charge in [-0.3, -0.25) is 0 Å². The van der Waals surface area contributed by atoms with Crippen LogP contribution in [0.5, 0.6) is 0 Å². The highest BCUT2D eigenvalue weighted by atomic mass is 79.9. The van der Waals surface area contributed by atoms with Crippen LogP contribution in [0.1, 0.15) is 123 Å². The van der Waals surface area contributed by atoms with E-state index in [1.807, 2.05) is 0 Å². The van der Waals surface area contributed by atoms with Crippen LogP contribution in [0.25, 0.3) is 0 Å². The van der Waals surface area contributed by atoms with Crippen molar-refractivity contribution >= 4 is 11.4 Å². The van der Waals surface area contributed by atoms with Crippen molar-refractivity contribution in [3.05, 3.63) is 29.8 Å². The SMILES string of the molecule is CCCCCCCCCCCCCCCC[N+]1=C(C)C(C)(C)c2ccccc21.[Br-]. The summed E-state index contributed by atoms with van der Waals surface area (Å²) in [4.78, 5) is 0. The Bertz CT molecular complexity index is 602. The number of fused-ring (bicyclic) bond motifs is 1. The zero-order valence-corrected chi connectivity index (χ0v) is 21.3. The quantitative estimate of drug-likeness (QED) is 0.236. The summed E-state index contributed by atoms with van der Waals surface area (Å²) in [5, 5.41) is 0. The molecule has 0 aliphatic carbocycles. The van der Waals surface area contributed by atoms with Gasteiger partial charge in [0.2, 0.25) is 5.69 Å². The lowest BCUT2D eigenvalue weighted by molar-refractivity contribution is -0.439. The molecule has 0 saturated carbocycles. The van der Waals surface area contributed by atoms with E-state index in [1.54, 1.807) is 0 Å². The van der Waals surface area contributed by atoms with Crippen molar-refractivity contribution in [3.63, 3.8) is 0 Å². The van der Waals surface area contributed by atoms with Gasteiger partial charge in [-0.15, -0.1) is 0 Å². The predicted molar refractivity (Wildman–Crippen MR) is 125 cm³/mol. The van der Waals surface area contributed by atoms with Gasteiger partial charge < -0.3 is 17.0 Å². The van der Waals surface area contributed by atoms with Gasteiger partial charge in [-0.1, -0.05) is 102 Å². The van der Waals surface area contributed by atoms with E-state index in [0.29, 0.717) is 0 Å². The van der Waals surface area contributed by atoms with Crippen molar-refractivity contribution < 1.29 is 21.6 Å². The molecule has 0 atom stereocenters. The molecule has 0 amide bonds. The Morgan fingerprint density at radius 3 is 1.66 bits per heavy atom.